The van der Waals surface area contributed by atoms with Crippen LogP contribution in [0.5, 0.6) is 0 Å². The molecule has 0 aliphatic rings. The fourth-order valence-corrected chi connectivity index (χ4v) is 2.88. The second-order valence-corrected chi connectivity index (χ2v) is 6.34. The molecule has 0 saturated carbocycles. The van der Waals surface area contributed by atoms with Crippen LogP contribution in [0.25, 0.3) is 17.1 Å². The molecule has 6 heteroatoms. The van der Waals surface area contributed by atoms with Gasteiger partial charge in [-0.2, -0.15) is 0 Å². The smallest absolute Gasteiger partial charge is 0.295 e. The fraction of sp³-hybridized carbons (Fsp3) is 0.0455. The third kappa shape index (κ3) is 3.66. The molecule has 0 aliphatic heterocycles. The molecule has 3 aromatic carbocycles. The predicted octanol–water partition coefficient (Wildman–Crippen LogP) is 4.63. The molecule has 0 spiro atoms. The molecule has 0 radical (unpaired) electrons. The molecular formula is C22H17FN4O. The van der Waals surface area contributed by atoms with Gasteiger partial charge in [0.15, 0.2) is 5.82 Å². The Hall–Kier alpha value is -3.80. The van der Waals surface area contributed by atoms with E-state index < -0.39 is 11.7 Å². The van der Waals surface area contributed by atoms with Gasteiger partial charge in [0.05, 0.1) is 5.69 Å². The molecule has 5 nitrogen and oxygen atoms in total. The standard InChI is InChI=1S/C22H17FN4O/c1-15-7-5-8-16(13-15)21-25-20(26-27(21)19-11-3-2-4-12-19)22(28)24-18-10-6-9-17(23)14-18/h2-14H,1H3,(H,24,28). The highest BCUT2D eigenvalue weighted by Crippen LogP contribution is 2.22. The molecule has 0 unspecified atom stereocenters. The van der Waals surface area contributed by atoms with Crippen LogP contribution in [0.4, 0.5) is 10.1 Å². The first kappa shape index (κ1) is 17.6. The number of benzene rings is 3. The first-order valence-electron chi connectivity index (χ1n) is 8.76. The summed E-state index contributed by atoms with van der Waals surface area (Å²) in [6.45, 7) is 1.99. The number of nitrogens with one attached hydrogen (secondary N) is 1. The molecule has 138 valence electrons. The number of aromatic nitrogens is 3. The van der Waals surface area contributed by atoms with Crippen LogP contribution in [0.3, 0.4) is 0 Å². The molecule has 0 saturated heterocycles. The van der Waals surface area contributed by atoms with Crippen LogP contribution < -0.4 is 5.32 Å². The Kier molecular flexibility index (Phi) is 4.68. The van der Waals surface area contributed by atoms with E-state index in [2.05, 4.69) is 15.4 Å². The maximum Gasteiger partial charge on any atom is 0.295 e. The van der Waals surface area contributed by atoms with Crippen molar-refractivity contribution in [2.75, 3.05) is 5.32 Å². The topological polar surface area (TPSA) is 59.8 Å². The van der Waals surface area contributed by atoms with E-state index in [0.29, 0.717) is 11.5 Å². The van der Waals surface area contributed by atoms with E-state index in [0.717, 1.165) is 16.8 Å². The van der Waals surface area contributed by atoms with Crippen LogP contribution >= 0.6 is 0 Å². The summed E-state index contributed by atoms with van der Waals surface area (Å²) >= 11 is 0. The second kappa shape index (κ2) is 7.44. The Morgan fingerprint density at radius 1 is 0.964 bits per heavy atom. The average molecular weight is 372 g/mol. The minimum absolute atomic E-state index is 0.00428. The van der Waals surface area contributed by atoms with Crippen molar-refractivity contribution in [2.45, 2.75) is 6.92 Å². The zero-order valence-electron chi connectivity index (χ0n) is 15.1. The number of anilines is 1. The van der Waals surface area contributed by atoms with E-state index in [4.69, 9.17) is 0 Å². The minimum atomic E-state index is -0.505. The monoisotopic (exact) mass is 372 g/mol. The van der Waals surface area contributed by atoms with E-state index in [-0.39, 0.29) is 5.82 Å². The number of nitrogens with zero attached hydrogens (tertiary/aromatic N) is 3. The number of aryl methyl sites for hydroxylation is 1. The van der Waals surface area contributed by atoms with Crippen molar-refractivity contribution in [2.24, 2.45) is 0 Å². The van der Waals surface area contributed by atoms with Crippen LogP contribution in [0.15, 0.2) is 78.9 Å². The average Bonchev–Trinajstić information content (AvgIpc) is 3.14. The molecule has 28 heavy (non-hydrogen) atoms. The molecule has 1 heterocycles. The molecule has 0 bridgehead atoms. The maximum absolute atomic E-state index is 13.4. The van der Waals surface area contributed by atoms with E-state index in [9.17, 15) is 9.18 Å². The van der Waals surface area contributed by atoms with Gasteiger partial charge in [-0.15, -0.1) is 5.10 Å². The number of carbonyl (C=O) groups is 1. The first-order chi connectivity index (χ1) is 13.6. The van der Waals surface area contributed by atoms with E-state index in [1.165, 1.54) is 18.2 Å². The Morgan fingerprint density at radius 2 is 1.75 bits per heavy atom. The summed E-state index contributed by atoms with van der Waals surface area (Å²) in [7, 11) is 0. The SMILES string of the molecule is Cc1cccc(-c2nc(C(=O)Nc3cccc(F)c3)nn2-c2ccccc2)c1. The third-order valence-corrected chi connectivity index (χ3v) is 4.17. The number of halogens is 1. The molecule has 4 aromatic rings. The van der Waals surface area contributed by atoms with Crippen molar-refractivity contribution in [1.82, 2.24) is 14.8 Å². The van der Waals surface area contributed by atoms with Crippen molar-refractivity contribution in [3.8, 4) is 17.1 Å². The van der Waals surface area contributed by atoms with Gasteiger partial charge in [0.25, 0.3) is 5.91 Å². The largest absolute Gasteiger partial charge is 0.319 e. The molecule has 0 aliphatic carbocycles. The van der Waals surface area contributed by atoms with Crippen LogP contribution in [0.2, 0.25) is 0 Å². The highest BCUT2D eigenvalue weighted by atomic mass is 19.1. The van der Waals surface area contributed by atoms with Crippen molar-refractivity contribution < 1.29 is 9.18 Å². The number of hydrogen-bond donors (Lipinski definition) is 1. The fourth-order valence-electron chi connectivity index (χ4n) is 2.88. The zero-order chi connectivity index (χ0) is 19.5. The normalized spacial score (nSPS) is 10.6. The highest BCUT2D eigenvalue weighted by molar-refractivity contribution is 6.01. The molecule has 0 fully saturated rings. The Labute approximate surface area is 161 Å². The van der Waals surface area contributed by atoms with Crippen LogP contribution in [0.1, 0.15) is 16.2 Å². The Bertz CT molecular complexity index is 1140. The van der Waals surface area contributed by atoms with Crippen molar-refractivity contribution in [3.63, 3.8) is 0 Å². The van der Waals surface area contributed by atoms with Crippen molar-refractivity contribution in [3.05, 3.63) is 96.1 Å². The molecular weight excluding hydrogens is 355 g/mol. The van der Waals surface area contributed by atoms with Crippen LogP contribution in [-0.4, -0.2) is 20.7 Å². The third-order valence-electron chi connectivity index (χ3n) is 4.17. The number of amides is 1. The number of para-hydroxylation sites is 1. The van der Waals surface area contributed by atoms with Crippen LogP contribution in [-0.2, 0) is 0 Å². The lowest BCUT2D eigenvalue weighted by atomic mass is 10.1. The molecule has 0 atom stereocenters. The first-order valence-corrected chi connectivity index (χ1v) is 8.76. The van der Waals surface area contributed by atoms with Gasteiger partial charge in [0.1, 0.15) is 5.82 Å². The quantitative estimate of drug-likeness (QED) is 0.568. The lowest BCUT2D eigenvalue weighted by Gasteiger charge is -2.06. The second-order valence-electron chi connectivity index (χ2n) is 6.34. The lowest BCUT2D eigenvalue weighted by molar-refractivity contribution is 0.101. The Morgan fingerprint density at radius 3 is 2.50 bits per heavy atom. The highest BCUT2D eigenvalue weighted by Gasteiger charge is 2.19. The summed E-state index contributed by atoms with van der Waals surface area (Å²) in [5.74, 6) is -0.376. The summed E-state index contributed by atoms with van der Waals surface area (Å²) in [6, 6.07) is 23.0. The summed E-state index contributed by atoms with van der Waals surface area (Å²) in [5.41, 5.74) is 3.06. The van der Waals surface area contributed by atoms with Crippen molar-refractivity contribution in [1.29, 1.82) is 0 Å². The zero-order valence-corrected chi connectivity index (χ0v) is 15.1. The molecule has 1 N–H and O–H groups in total. The summed E-state index contributed by atoms with van der Waals surface area (Å²) < 4.78 is 15.0. The molecule has 4 rings (SSSR count). The Balaban J connectivity index is 1.76. The molecule has 1 amide bonds. The number of hydrogen-bond acceptors (Lipinski definition) is 3. The van der Waals surface area contributed by atoms with Gasteiger partial charge in [-0.25, -0.2) is 14.1 Å². The minimum Gasteiger partial charge on any atom is -0.319 e. The van der Waals surface area contributed by atoms with Gasteiger partial charge < -0.3 is 5.32 Å². The van der Waals surface area contributed by atoms with Crippen LogP contribution in [0, 0.1) is 12.7 Å². The van der Waals surface area contributed by atoms with Gasteiger partial charge in [-0.1, -0.05) is 48.0 Å². The lowest BCUT2D eigenvalue weighted by Crippen LogP contribution is -2.14. The van der Waals surface area contributed by atoms with E-state index in [1.54, 1.807) is 10.7 Å². The predicted molar refractivity (Wildman–Crippen MR) is 106 cm³/mol. The number of rotatable bonds is 4. The summed E-state index contributed by atoms with van der Waals surface area (Å²) in [6.07, 6.45) is 0. The summed E-state index contributed by atoms with van der Waals surface area (Å²) in [4.78, 5) is 17.1. The van der Waals surface area contributed by atoms with Gasteiger partial charge in [-0.05, 0) is 43.3 Å². The van der Waals surface area contributed by atoms with Crippen molar-refractivity contribution >= 4 is 11.6 Å². The van der Waals surface area contributed by atoms with Gasteiger partial charge >= 0.3 is 0 Å². The van der Waals surface area contributed by atoms with Gasteiger partial charge in [-0.3, -0.25) is 4.79 Å². The van der Waals surface area contributed by atoms with E-state index in [1.807, 2.05) is 61.5 Å². The molecule has 1 aromatic heterocycles. The van der Waals surface area contributed by atoms with Gasteiger partial charge in [0, 0.05) is 11.3 Å². The van der Waals surface area contributed by atoms with Gasteiger partial charge in [0.2, 0.25) is 5.82 Å². The van der Waals surface area contributed by atoms with E-state index >= 15 is 0 Å². The number of carbonyl (C=O) groups excluding carboxylic acids is 1. The summed E-state index contributed by atoms with van der Waals surface area (Å²) in [5, 5.41) is 7.04. The maximum atomic E-state index is 13.4.